The van der Waals surface area contributed by atoms with Gasteiger partial charge in [0.2, 0.25) is 5.79 Å². The SMILES string of the molecule is OC1(O)C=CC=CC1/N=N/c1ccccc1. The van der Waals surface area contributed by atoms with Crippen molar-refractivity contribution in [3.8, 4) is 0 Å². The highest BCUT2D eigenvalue weighted by atomic mass is 16.5. The van der Waals surface area contributed by atoms with E-state index >= 15 is 0 Å². The van der Waals surface area contributed by atoms with Gasteiger partial charge in [0.25, 0.3) is 0 Å². The summed E-state index contributed by atoms with van der Waals surface area (Å²) in [5.41, 5.74) is 0.682. The van der Waals surface area contributed by atoms with Gasteiger partial charge in [-0.3, -0.25) is 0 Å². The third-order valence-electron chi connectivity index (χ3n) is 2.24. The van der Waals surface area contributed by atoms with Gasteiger partial charge in [-0.15, -0.1) is 0 Å². The molecule has 2 N–H and O–H groups in total. The van der Waals surface area contributed by atoms with Crippen molar-refractivity contribution in [2.75, 3.05) is 0 Å². The Balaban J connectivity index is 2.13. The first kappa shape index (κ1) is 10.7. The smallest absolute Gasteiger partial charge is 0.211 e. The fraction of sp³-hybridized carbons (Fsp3) is 0.167. The van der Waals surface area contributed by atoms with Gasteiger partial charge in [0.05, 0.1) is 5.69 Å². The second-order valence-electron chi connectivity index (χ2n) is 3.52. The van der Waals surface area contributed by atoms with Crippen molar-refractivity contribution in [2.45, 2.75) is 11.8 Å². The Kier molecular flexibility index (Phi) is 2.94. The van der Waals surface area contributed by atoms with Crippen LogP contribution in [0.4, 0.5) is 5.69 Å². The quantitative estimate of drug-likeness (QED) is 0.586. The molecule has 0 aromatic heterocycles. The van der Waals surface area contributed by atoms with E-state index < -0.39 is 11.8 Å². The van der Waals surface area contributed by atoms with E-state index in [1.54, 1.807) is 30.4 Å². The van der Waals surface area contributed by atoms with E-state index in [4.69, 9.17) is 0 Å². The van der Waals surface area contributed by atoms with Crippen LogP contribution in [-0.4, -0.2) is 22.0 Å². The van der Waals surface area contributed by atoms with E-state index in [1.807, 2.05) is 18.2 Å². The Morgan fingerprint density at radius 1 is 1.06 bits per heavy atom. The lowest BCUT2D eigenvalue weighted by atomic mass is 10.0. The summed E-state index contributed by atoms with van der Waals surface area (Å²) in [5, 5.41) is 27.0. The van der Waals surface area contributed by atoms with Gasteiger partial charge in [0.1, 0.15) is 6.04 Å². The summed E-state index contributed by atoms with van der Waals surface area (Å²) < 4.78 is 0. The first-order valence-electron chi connectivity index (χ1n) is 4.95. The molecule has 0 radical (unpaired) electrons. The molecule has 2 rings (SSSR count). The molecule has 0 aliphatic heterocycles. The standard InChI is InChI=1S/C12H12N2O2/c15-12(16)9-5-4-8-11(12)14-13-10-6-2-1-3-7-10/h1-9,11,15-16H/b14-13+. The highest BCUT2D eigenvalue weighted by molar-refractivity contribution is 5.35. The molecule has 1 unspecified atom stereocenters. The molecule has 4 nitrogen and oxygen atoms in total. The molecule has 0 bridgehead atoms. The number of rotatable bonds is 2. The molecule has 1 aromatic carbocycles. The van der Waals surface area contributed by atoms with E-state index in [-0.39, 0.29) is 0 Å². The van der Waals surface area contributed by atoms with Gasteiger partial charge in [-0.05, 0) is 18.2 Å². The Morgan fingerprint density at radius 2 is 1.81 bits per heavy atom. The highest BCUT2D eigenvalue weighted by Crippen LogP contribution is 2.20. The topological polar surface area (TPSA) is 65.2 Å². The summed E-state index contributed by atoms with van der Waals surface area (Å²) in [6, 6.07) is 8.39. The van der Waals surface area contributed by atoms with E-state index in [2.05, 4.69) is 10.2 Å². The summed E-state index contributed by atoms with van der Waals surface area (Å²) in [6.07, 6.45) is 6.14. The van der Waals surface area contributed by atoms with Crippen LogP contribution >= 0.6 is 0 Å². The number of allylic oxidation sites excluding steroid dienone is 2. The first-order valence-corrected chi connectivity index (χ1v) is 4.95. The molecular weight excluding hydrogens is 204 g/mol. The average molecular weight is 216 g/mol. The van der Waals surface area contributed by atoms with E-state index in [1.165, 1.54) is 6.08 Å². The van der Waals surface area contributed by atoms with Crippen molar-refractivity contribution < 1.29 is 10.2 Å². The molecule has 16 heavy (non-hydrogen) atoms. The van der Waals surface area contributed by atoms with Crippen LogP contribution in [0.5, 0.6) is 0 Å². The Labute approximate surface area is 93.3 Å². The van der Waals surface area contributed by atoms with Gasteiger partial charge >= 0.3 is 0 Å². The van der Waals surface area contributed by atoms with Crippen molar-refractivity contribution in [3.05, 3.63) is 54.6 Å². The second kappa shape index (κ2) is 4.38. The maximum absolute atomic E-state index is 9.58. The van der Waals surface area contributed by atoms with Crippen LogP contribution in [0.15, 0.2) is 64.9 Å². The molecule has 4 heteroatoms. The minimum atomic E-state index is -1.95. The third kappa shape index (κ3) is 2.42. The molecule has 82 valence electrons. The summed E-state index contributed by atoms with van der Waals surface area (Å²) in [6.45, 7) is 0. The molecule has 1 aliphatic rings. The molecule has 0 heterocycles. The molecule has 0 saturated carbocycles. The van der Waals surface area contributed by atoms with Gasteiger partial charge < -0.3 is 10.2 Å². The van der Waals surface area contributed by atoms with Gasteiger partial charge in [-0.25, -0.2) is 0 Å². The molecule has 0 amide bonds. The fourth-order valence-corrected chi connectivity index (χ4v) is 1.35. The number of benzene rings is 1. The number of aliphatic hydroxyl groups is 2. The molecule has 1 aromatic rings. The first-order chi connectivity index (χ1) is 7.68. The maximum atomic E-state index is 9.58. The van der Waals surface area contributed by atoms with Crippen LogP contribution in [0.25, 0.3) is 0 Å². The third-order valence-corrected chi connectivity index (χ3v) is 2.24. The van der Waals surface area contributed by atoms with Crippen molar-refractivity contribution in [1.29, 1.82) is 0 Å². The summed E-state index contributed by atoms with van der Waals surface area (Å²) in [4.78, 5) is 0. The van der Waals surface area contributed by atoms with E-state index in [0.29, 0.717) is 5.69 Å². The Bertz CT molecular complexity index is 436. The lowest BCUT2D eigenvalue weighted by molar-refractivity contribution is -0.126. The molecule has 1 aliphatic carbocycles. The minimum absolute atomic E-state index is 0.682. The zero-order valence-corrected chi connectivity index (χ0v) is 8.56. The zero-order chi connectivity index (χ0) is 11.4. The lowest BCUT2D eigenvalue weighted by Crippen LogP contribution is -2.38. The predicted octanol–water partition coefficient (Wildman–Crippen LogP) is 1.95. The van der Waals surface area contributed by atoms with E-state index in [9.17, 15) is 10.2 Å². The summed E-state index contributed by atoms with van der Waals surface area (Å²) in [7, 11) is 0. The monoisotopic (exact) mass is 216 g/mol. The van der Waals surface area contributed by atoms with Crippen molar-refractivity contribution >= 4 is 5.69 Å². The van der Waals surface area contributed by atoms with Gasteiger partial charge in [0.15, 0.2) is 0 Å². The molecule has 1 atom stereocenters. The molecule has 0 fully saturated rings. The Morgan fingerprint density at radius 3 is 2.50 bits per heavy atom. The summed E-state index contributed by atoms with van der Waals surface area (Å²) in [5.74, 6) is -1.95. The van der Waals surface area contributed by atoms with Crippen LogP contribution in [0, 0.1) is 0 Å². The number of hydrogen-bond donors (Lipinski definition) is 2. The van der Waals surface area contributed by atoms with Crippen molar-refractivity contribution in [3.63, 3.8) is 0 Å². The van der Waals surface area contributed by atoms with Crippen LogP contribution in [0.1, 0.15) is 0 Å². The summed E-state index contributed by atoms with van der Waals surface area (Å²) >= 11 is 0. The van der Waals surface area contributed by atoms with Gasteiger partial charge in [-0.2, -0.15) is 10.2 Å². The Hall–Kier alpha value is -1.78. The van der Waals surface area contributed by atoms with Crippen LogP contribution in [0.3, 0.4) is 0 Å². The minimum Gasteiger partial charge on any atom is -0.360 e. The zero-order valence-electron chi connectivity index (χ0n) is 8.56. The normalized spacial score (nSPS) is 22.8. The molecular formula is C12H12N2O2. The van der Waals surface area contributed by atoms with Gasteiger partial charge in [-0.1, -0.05) is 36.4 Å². The van der Waals surface area contributed by atoms with Crippen LogP contribution < -0.4 is 0 Å². The van der Waals surface area contributed by atoms with Crippen molar-refractivity contribution in [1.82, 2.24) is 0 Å². The van der Waals surface area contributed by atoms with Crippen LogP contribution in [0.2, 0.25) is 0 Å². The number of nitrogens with zero attached hydrogens (tertiary/aromatic N) is 2. The van der Waals surface area contributed by atoms with Gasteiger partial charge in [0, 0.05) is 0 Å². The second-order valence-corrected chi connectivity index (χ2v) is 3.52. The van der Waals surface area contributed by atoms with Crippen LogP contribution in [-0.2, 0) is 0 Å². The fourth-order valence-electron chi connectivity index (χ4n) is 1.35. The molecule has 0 spiro atoms. The highest BCUT2D eigenvalue weighted by Gasteiger charge is 2.31. The maximum Gasteiger partial charge on any atom is 0.211 e. The lowest BCUT2D eigenvalue weighted by Gasteiger charge is -2.23. The van der Waals surface area contributed by atoms with Crippen molar-refractivity contribution in [2.24, 2.45) is 10.2 Å². The molecule has 0 saturated heterocycles. The number of azo groups is 1. The predicted molar refractivity (Wildman–Crippen MR) is 60.2 cm³/mol. The number of hydrogen-bond acceptors (Lipinski definition) is 4. The van der Waals surface area contributed by atoms with E-state index in [0.717, 1.165) is 0 Å². The largest absolute Gasteiger partial charge is 0.360 e. The average Bonchev–Trinajstić information content (AvgIpc) is 2.28.